The highest BCUT2D eigenvalue weighted by Crippen LogP contribution is 2.37. The summed E-state index contributed by atoms with van der Waals surface area (Å²) in [6.45, 7) is 2.34. The number of nitrogens with one attached hydrogen (secondary N) is 1. The molecule has 1 aliphatic carbocycles. The van der Waals surface area contributed by atoms with Gasteiger partial charge in [-0.15, -0.1) is 0 Å². The second-order valence-electron chi connectivity index (χ2n) is 5.75. The molecular formula is C13H18N2O5S. The van der Waals surface area contributed by atoms with Crippen LogP contribution in [0.5, 0.6) is 5.75 Å². The average Bonchev–Trinajstić information content (AvgIpc) is 2.84. The lowest BCUT2D eigenvalue weighted by Crippen LogP contribution is -2.34. The maximum atomic E-state index is 12.2. The van der Waals surface area contributed by atoms with Gasteiger partial charge in [-0.2, -0.15) is 0 Å². The van der Waals surface area contributed by atoms with Gasteiger partial charge in [0.25, 0.3) is 0 Å². The Labute approximate surface area is 123 Å². The Bertz CT molecular complexity index is 651. The third kappa shape index (κ3) is 3.51. The molecule has 0 aliphatic heterocycles. The second-order valence-corrected chi connectivity index (χ2v) is 7.52. The van der Waals surface area contributed by atoms with Gasteiger partial charge in [0.05, 0.1) is 9.82 Å². The Hall–Kier alpha value is -1.67. The van der Waals surface area contributed by atoms with Gasteiger partial charge in [0, 0.05) is 12.6 Å². The van der Waals surface area contributed by atoms with E-state index in [1.807, 2.05) is 6.92 Å². The lowest BCUT2D eigenvalue weighted by Gasteiger charge is -2.23. The quantitative estimate of drug-likeness (QED) is 0.639. The molecule has 1 aromatic rings. The van der Waals surface area contributed by atoms with Crippen LogP contribution in [0, 0.1) is 15.5 Å². The molecule has 0 bridgehead atoms. The minimum Gasteiger partial charge on any atom is -0.502 e. The van der Waals surface area contributed by atoms with Gasteiger partial charge in [-0.1, -0.05) is 19.8 Å². The molecule has 0 amide bonds. The van der Waals surface area contributed by atoms with Crippen molar-refractivity contribution in [3.05, 3.63) is 28.3 Å². The third-order valence-electron chi connectivity index (χ3n) is 3.95. The van der Waals surface area contributed by atoms with Crippen molar-refractivity contribution in [1.82, 2.24) is 4.72 Å². The van der Waals surface area contributed by atoms with E-state index in [4.69, 9.17) is 0 Å². The van der Waals surface area contributed by atoms with E-state index in [-0.39, 0.29) is 10.3 Å². The van der Waals surface area contributed by atoms with Gasteiger partial charge < -0.3 is 5.11 Å². The Morgan fingerprint density at radius 3 is 2.57 bits per heavy atom. The van der Waals surface area contributed by atoms with Crippen molar-refractivity contribution in [2.75, 3.05) is 6.54 Å². The van der Waals surface area contributed by atoms with E-state index in [1.54, 1.807) is 0 Å². The zero-order valence-electron chi connectivity index (χ0n) is 11.7. The second kappa shape index (κ2) is 5.61. The molecule has 0 atom stereocenters. The van der Waals surface area contributed by atoms with Crippen molar-refractivity contribution in [3.63, 3.8) is 0 Å². The number of aromatic hydroxyl groups is 1. The van der Waals surface area contributed by atoms with Gasteiger partial charge in [0.1, 0.15) is 0 Å². The number of benzene rings is 1. The molecule has 0 heterocycles. The highest BCUT2D eigenvalue weighted by atomic mass is 32.2. The molecule has 21 heavy (non-hydrogen) atoms. The third-order valence-corrected chi connectivity index (χ3v) is 5.35. The van der Waals surface area contributed by atoms with E-state index in [1.165, 1.54) is 0 Å². The summed E-state index contributed by atoms with van der Waals surface area (Å²) in [5.74, 6) is -0.554. The van der Waals surface area contributed by atoms with E-state index in [0.717, 1.165) is 43.9 Å². The molecule has 2 N–H and O–H groups in total. The first kappa shape index (κ1) is 15.7. The monoisotopic (exact) mass is 314 g/mol. The summed E-state index contributed by atoms with van der Waals surface area (Å²) in [6.07, 6.45) is 4.10. The fourth-order valence-corrected chi connectivity index (χ4v) is 3.79. The molecule has 7 nitrogen and oxygen atoms in total. The van der Waals surface area contributed by atoms with Crippen molar-refractivity contribution >= 4 is 15.7 Å². The summed E-state index contributed by atoms with van der Waals surface area (Å²) in [4.78, 5) is 9.72. The van der Waals surface area contributed by atoms with Gasteiger partial charge in [0.15, 0.2) is 5.75 Å². The SMILES string of the molecule is CC1(CNS(=O)(=O)c2ccc(O)c([N+](=O)[O-])c2)CCCC1. The first-order valence-electron chi connectivity index (χ1n) is 6.71. The van der Waals surface area contributed by atoms with Crippen LogP contribution in [0.2, 0.25) is 0 Å². The summed E-state index contributed by atoms with van der Waals surface area (Å²) in [7, 11) is -3.82. The van der Waals surface area contributed by atoms with E-state index in [2.05, 4.69) is 4.72 Å². The molecule has 0 aromatic heterocycles. The molecule has 0 spiro atoms. The minimum atomic E-state index is -3.82. The first-order chi connectivity index (χ1) is 9.73. The number of hydrogen-bond donors (Lipinski definition) is 2. The molecule has 0 radical (unpaired) electrons. The van der Waals surface area contributed by atoms with Crippen molar-refractivity contribution in [3.8, 4) is 5.75 Å². The predicted octanol–water partition coefficient (Wildman–Crippen LogP) is 2.16. The summed E-state index contributed by atoms with van der Waals surface area (Å²) < 4.78 is 26.9. The molecule has 1 fully saturated rings. The van der Waals surface area contributed by atoms with Crippen LogP contribution in [0.1, 0.15) is 32.6 Å². The Morgan fingerprint density at radius 2 is 2.00 bits per heavy atom. The van der Waals surface area contributed by atoms with Gasteiger partial charge in [-0.05, 0) is 30.4 Å². The minimum absolute atomic E-state index is 0.0596. The lowest BCUT2D eigenvalue weighted by molar-refractivity contribution is -0.386. The maximum absolute atomic E-state index is 12.2. The molecule has 0 saturated heterocycles. The van der Waals surface area contributed by atoms with Crippen LogP contribution in [-0.4, -0.2) is 25.0 Å². The average molecular weight is 314 g/mol. The zero-order chi connectivity index (χ0) is 15.7. The topological polar surface area (TPSA) is 110 Å². The number of nitro groups is 1. The fourth-order valence-electron chi connectivity index (χ4n) is 2.57. The number of sulfonamides is 1. The first-order valence-corrected chi connectivity index (χ1v) is 8.19. The van der Waals surface area contributed by atoms with E-state index in [9.17, 15) is 23.6 Å². The van der Waals surface area contributed by atoms with Crippen LogP contribution in [0.25, 0.3) is 0 Å². The van der Waals surface area contributed by atoms with Crippen molar-refractivity contribution in [2.45, 2.75) is 37.5 Å². The molecule has 1 aromatic carbocycles. The molecule has 116 valence electrons. The van der Waals surface area contributed by atoms with E-state index >= 15 is 0 Å². The van der Waals surface area contributed by atoms with Crippen LogP contribution in [0.15, 0.2) is 23.1 Å². The zero-order valence-corrected chi connectivity index (χ0v) is 12.5. The van der Waals surface area contributed by atoms with Gasteiger partial charge >= 0.3 is 5.69 Å². The number of phenols is 1. The molecule has 1 saturated carbocycles. The fraction of sp³-hybridized carbons (Fsp3) is 0.538. The van der Waals surface area contributed by atoms with Crippen LogP contribution >= 0.6 is 0 Å². The van der Waals surface area contributed by atoms with Gasteiger partial charge in [-0.3, -0.25) is 10.1 Å². The summed E-state index contributed by atoms with van der Waals surface area (Å²) in [5, 5.41) is 20.1. The van der Waals surface area contributed by atoms with Crippen LogP contribution in [0.3, 0.4) is 0 Å². The number of phenolic OH excluding ortho intramolecular Hbond substituents is 1. The molecule has 1 aliphatic rings. The molecule has 8 heteroatoms. The number of rotatable bonds is 5. The highest BCUT2D eigenvalue weighted by molar-refractivity contribution is 7.89. The van der Waals surface area contributed by atoms with Crippen molar-refractivity contribution in [1.29, 1.82) is 0 Å². The normalized spacial score (nSPS) is 17.8. The van der Waals surface area contributed by atoms with Crippen LogP contribution < -0.4 is 4.72 Å². The van der Waals surface area contributed by atoms with Crippen molar-refractivity contribution < 1.29 is 18.4 Å². The number of nitrogens with zero attached hydrogens (tertiary/aromatic N) is 1. The van der Waals surface area contributed by atoms with E-state index < -0.39 is 26.4 Å². The number of hydrogen-bond acceptors (Lipinski definition) is 5. The van der Waals surface area contributed by atoms with Crippen LogP contribution in [0.4, 0.5) is 5.69 Å². The molecule has 0 unspecified atom stereocenters. The Kier molecular flexibility index (Phi) is 4.20. The Morgan fingerprint density at radius 1 is 1.38 bits per heavy atom. The van der Waals surface area contributed by atoms with E-state index in [0.29, 0.717) is 6.54 Å². The van der Waals surface area contributed by atoms with Crippen LogP contribution in [-0.2, 0) is 10.0 Å². The maximum Gasteiger partial charge on any atom is 0.312 e. The summed E-state index contributed by atoms with van der Waals surface area (Å²) in [6, 6.07) is 3.04. The smallest absolute Gasteiger partial charge is 0.312 e. The van der Waals surface area contributed by atoms with Gasteiger partial charge in [-0.25, -0.2) is 13.1 Å². The highest BCUT2D eigenvalue weighted by Gasteiger charge is 2.30. The predicted molar refractivity (Wildman–Crippen MR) is 76.5 cm³/mol. The van der Waals surface area contributed by atoms with Gasteiger partial charge in [0.2, 0.25) is 10.0 Å². The standard InChI is InChI=1S/C13H18N2O5S/c1-13(6-2-3-7-13)9-14-21(19,20)10-4-5-12(16)11(8-10)15(17)18/h4-5,8,14,16H,2-3,6-7,9H2,1H3. The Balaban J connectivity index is 2.19. The summed E-state index contributed by atoms with van der Waals surface area (Å²) >= 11 is 0. The lowest BCUT2D eigenvalue weighted by atomic mass is 9.89. The molecular weight excluding hydrogens is 296 g/mol. The van der Waals surface area contributed by atoms with Crippen molar-refractivity contribution in [2.24, 2.45) is 5.41 Å². The molecule has 2 rings (SSSR count). The largest absolute Gasteiger partial charge is 0.502 e. The summed E-state index contributed by atoms with van der Waals surface area (Å²) in [5.41, 5.74) is -0.680. The number of nitro benzene ring substituents is 1.